The Kier molecular flexibility index (Phi) is 7.08. The third-order valence-corrected chi connectivity index (χ3v) is 4.93. The number of pyridine rings is 1. The molecule has 2 aromatic heterocycles. The molecule has 2 N–H and O–H groups in total. The number of benzene rings is 3. The largest absolute Gasteiger partial charge is 1.00 e. The minimum Gasteiger partial charge on any atom is -1.00 e. The van der Waals surface area contributed by atoms with E-state index in [1.54, 1.807) is 18.2 Å². The van der Waals surface area contributed by atoms with Gasteiger partial charge in [-0.15, -0.1) is 0 Å². The summed E-state index contributed by atoms with van der Waals surface area (Å²) in [5.74, 6) is -0.0204. The van der Waals surface area contributed by atoms with Gasteiger partial charge in [-0.2, -0.15) is 0 Å². The zero-order chi connectivity index (χ0) is 20.2. The predicted molar refractivity (Wildman–Crippen MR) is 115 cm³/mol. The second-order valence-electron chi connectivity index (χ2n) is 6.62. The van der Waals surface area contributed by atoms with Crippen LogP contribution in [-0.2, 0) is 6.54 Å². The van der Waals surface area contributed by atoms with Gasteiger partial charge in [-0.05, 0) is 48.0 Å². The maximum atomic E-state index is 13.1. The van der Waals surface area contributed by atoms with E-state index >= 15 is 0 Å². The molecule has 0 aliphatic carbocycles. The van der Waals surface area contributed by atoms with Crippen molar-refractivity contribution in [1.29, 1.82) is 0 Å². The van der Waals surface area contributed by atoms with Crippen LogP contribution in [0.15, 0.2) is 91.3 Å². The van der Waals surface area contributed by atoms with Crippen molar-refractivity contribution in [3.63, 3.8) is 0 Å². The zero-order valence-corrected chi connectivity index (χ0v) is 18.2. The van der Waals surface area contributed by atoms with E-state index in [1.807, 2.05) is 60.9 Å². The third-order valence-electron chi connectivity index (χ3n) is 4.69. The number of nitrogens with zero attached hydrogens (tertiary/aromatic N) is 1. The molecule has 6 heteroatoms. The first-order chi connectivity index (χ1) is 14.1. The molecule has 0 amide bonds. The average Bonchev–Trinajstić information content (AvgIpc) is 3.05. The Morgan fingerprint density at radius 3 is 2.23 bits per heavy atom. The molecule has 3 aromatic carbocycles. The number of aromatic amines is 1. The number of aromatic hydroxyl groups is 1. The molecule has 5 aromatic rings. The number of rotatable bonds is 2. The van der Waals surface area contributed by atoms with E-state index in [9.17, 15) is 9.50 Å². The van der Waals surface area contributed by atoms with Gasteiger partial charge in [-0.1, -0.05) is 35.9 Å². The summed E-state index contributed by atoms with van der Waals surface area (Å²) in [6.45, 7) is 0.589. The highest BCUT2D eigenvalue weighted by Crippen LogP contribution is 2.36. The lowest BCUT2D eigenvalue weighted by Crippen LogP contribution is -3.00. The molecule has 0 saturated carbocycles. The molecule has 5 rings (SSSR count). The fraction of sp³-hybridized carbons (Fsp3) is 0.0417. The molecule has 0 fully saturated rings. The molecule has 0 atom stereocenters. The molecule has 0 radical (unpaired) electrons. The highest BCUT2D eigenvalue weighted by molar-refractivity contribution is 6.32. The summed E-state index contributed by atoms with van der Waals surface area (Å²) in [4.78, 5) is 2.89. The van der Waals surface area contributed by atoms with Crippen LogP contribution in [0, 0.1) is 5.82 Å². The monoisotopic (exact) mass is 484 g/mol. The number of nitrogens with one attached hydrogen (secondary N) is 1. The summed E-state index contributed by atoms with van der Waals surface area (Å²) in [6.07, 6.45) is 3.75. The molecule has 0 bridgehead atoms. The number of halogens is 3. The lowest BCUT2D eigenvalue weighted by molar-refractivity contribution is -0.377. The summed E-state index contributed by atoms with van der Waals surface area (Å²) < 4.78 is 15.2. The van der Waals surface area contributed by atoms with Crippen molar-refractivity contribution in [3.8, 4) is 5.75 Å². The first-order valence-corrected chi connectivity index (χ1v) is 9.56. The summed E-state index contributed by atoms with van der Waals surface area (Å²) in [5.41, 5.74) is 2.89. The Morgan fingerprint density at radius 2 is 1.60 bits per heavy atom. The smallest absolute Gasteiger partial charge is 0.166 e. The Balaban J connectivity index is 0.000000317. The summed E-state index contributed by atoms with van der Waals surface area (Å²) in [7, 11) is 0. The highest BCUT2D eigenvalue weighted by atomic mass is 79.9. The average molecular weight is 486 g/mol. The van der Waals surface area contributed by atoms with Crippen LogP contribution < -0.4 is 22.0 Å². The second kappa shape index (κ2) is 9.74. The number of aromatic nitrogens is 2. The van der Waals surface area contributed by atoms with Crippen molar-refractivity contribution >= 4 is 33.4 Å². The van der Waals surface area contributed by atoms with Crippen LogP contribution in [0.2, 0.25) is 5.02 Å². The van der Waals surface area contributed by atoms with Crippen molar-refractivity contribution in [1.82, 2.24) is 4.57 Å². The molecule has 3 nitrogen and oxygen atoms in total. The molecule has 0 aliphatic heterocycles. The van der Waals surface area contributed by atoms with Crippen molar-refractivity contribution in [2.24, 2.45) is 0 Å². The van der Waals surface area contributed by atoms with Crippen molar-refractivity contribution in [2.75, 3.05) is 0 Å². The van der Waals surface area contributed by atoms with Gasteiger partial charge in [0, 0.05) is 40.0 Å². The number of H-pyrrole nitrogens is 1. The van der Waals surface area contributed by atoms with E-state index in [0.29, 0.717) is 11.6 Å². The fourth-order valence-electron chi connectivity index (χ4n) is 3.39. The zero-order valence-electron chi connectivity index (χ0n) is 15.9. The van der Waals surface area contributed by atoms with E-state index < -0.39 is 0 Å². The quantitative estimate of drug-likeness (QED) is 0.410. The number of phenols is 1. The van der Waals surface area contributed by atoms with Gasteiger partial charge >= 0.3 is 0 Å². The first-order valence-electron chi connectivity index (χ1n) is 9.18. The molecule has 2 heterocycles. The maximum Gasteiger partial charge on any atom is 0.166 e. The Morgan fingerprint density at radius 1 is 0.867 bits per heavy atom. The number of hydrogen-bond acceptors (Lipinski definition) is 1. The van der Waals surface area contributed by atoms with Crippen LogP contribution in [0.1, 0.15) is 5.56 Å². The topological polar surface area (TPSA) is 39.3 Å². The van der Waals surface area contributed by atoms with Crippen molar-refractivity contribution < 1.29 is 31.5 Å². The van der Waals surface area contributed by atoms with E-state index in [4.69, 9.17) is 11.6 Å². The minimum atomic E-state index is -0.250. The van der Waals surface area contributed by atoms with Gasteiger partial charge < -0.3 is 26.7 Å². The predicted octanol–water partition coefficient (Wildman–Crippen LogP) is 2.85. The molecular weight excluding hydrogens is 467 g/mol. The number of hydrogen-bond donors (Lipinski definition) is 1. The molecule has 0 spiro atoms. The lowest BCUT2D eigenvalue weighted by atomic mass is 10.1. The highest BCUT2D eigenvalue weighted by Gasteiger charge is 2.14. The summed E-state index contributed by atoms with van der Waals surface area (Å²) in [6, 6.07) is 23.4. The maximum absolute atomic E-state index is 13.1. The van der Waals surface area contributed by atoms with Crippen LogP contribution >= 0.6 is 11.6 Å². The Hall–Kier alpha value is -2.89. The summed E-state index contributed by atoms with van der Waals surface area (Å²) in [5, 5.41) is 12.6. The standard InChI is InChI=1S/C19H13ClFNO.C5H5N.BrH/c20-13-6-9-16-15(10-13)19-17(2-1-3-18(19)23)22(16)11-12-4-7-14(21)8-5-12;1-2-4-6-5-3-1;/h1-10,23H,11H2;1-5H;1H. The number of fused-ring (bicyclic) bond motifs is 3. The van der Waals surface area contributed by atoms with Gasteiger partial charge in [-0.25, -0.2) is 9.37 Å². The number of phenolic OH excluding ortho intramolecular Hbond substituents is 1. The van der Waals surface area contributed by atoms with Crippen LogP contribution in [0.25, 0.3) is 21.8 Å². The van der Waals surface area contributed by atoms with Gasteiger partial charge in [0.1, 0.15) is 11.6 Å². The third kappa shape index (κ3) is 4.64. The Bertz CT molecular complexity index is 1230. The van der Waals surface area contributed by atoms with Gasteiger partial charge in [0.05, 0.1) is 5.52 Å². The van der Waals surface area contributed by atoms with E-state index in [0.717, 1.165) is 27.4 Å². The minimum absolute atomic E-state index is 0. The SMILES string of the molecule is Oc1cccc2c1c1cc(Cl)ccc1n2Cc1ccc(F)cc1.[Br-].c1cc[nH+]cc1. The molecule has 0 aliphatic rings. The van der Waals surface area contributed by atoms with E-state index in [1.165, 1.54) is 12.1 Å². The molecule has 152 valence electrons. The second-order valence-corrected chi connectivity index (χ2v) is 7.06. The van der Waals surface area contributed by atoms with E-state index in [2.05, 4.69) is 9.55 Å². The molecule has 0 saturated heterocycles. The fourth-order valence-corrected chi connectivity index (χ4v) is 3.56. The van der Waals surface area contributed by atoms with Crippen molar-refractivity contribution in [2.45, 2.75) is 6.54 Å². The summed E-state index contributed by atoms with van der Waals surface area (Å²) >= 11 is 6.13. The van der Waals surface area contributed by atoms with Crippen LogP contribution in [0.4, 0.5) is 4.39 Å². The normalized spacial score (nSPS) is 10.3. The van der Waals surface area contributed by atoms with Gasteiger partial charge in [-0.3, -0.25) is 0 Å². The van der Waals surface area contributed by atoms with Crippen molar-refractivity contribution in [3.05, 3.63) is 108 Å². The molecule has 30 heavy (non-hydrogen) atoms. The lowest BCUT2D eigenvalue weighted by Gasteiger charge is -2.08. The van der Waals surface area contributed by atoms with E-state index in [-0.39, 0.29) is 28.5 Å². The Labute approximate surface area is 189 Å². The van der Waals surface area contributed by atoms with Crippen LogP contribution in [0.5, 0.6) is 5.75 Å². The van der Waals surface area contributed by atoms with Crippen LogP contribution in [-0.4, -0.2) is 9.67 Å². The first kappa shape index (κ1) is 21.8. The molecule has 0 unspecified atom stereocenters. The van der Waals surface area contributed by atoms with Gasteiger partial charge in [0.25, 0.3) is 0 Å². The van der Waals surface area contributed by atoms with Crippen LogP contribution in [0.3, 0.4) is 0 Å². The molecular formula is C24H19BrClFN2O. The van der Waals surface area contributed by atoms with Gasteiger partial charge in [0.15, 0.2) is 12.4 Å². The van der Waals surface area contributed by atoms with Gasteiger partial charge in [0.2, 0.25) is 0 Å².